The third-order valence-electron chi connectivity index (χ3n) is 6.40. The molecule has 0 aromatic heterocycles. The van der Waals surface area contributed by atoms with Crippen molar-refractivity contribution in [3.8, 4) is 0 Å². The number of carbonyl (C=O) groups excluding carboxylic acids is 1. The number of rotatable bonds is 6. The minimum atomic E-state index is 0. The summed E-state index contributed by atoms with van der Waals surface area (Å²) in [7, 11) is 0. The highest BCUT2D eigenvalue weighted by molar-refractivity contribution is 5.85. The molecule has 0 spiro atoms. The number of hydrogen-bond acceptors (Lipinski definition) is 4. The van der Waals surface area contributed by atoms with Gasteiger partial charge in [-0.05, 0) is 43.2 Å². The molecule has 3 fully saturated rings. The third kappa shape index (κ3) is 6.83. The largest absolute Gasteiger partial charge is 0.378 e. The molecule has 1 amide bonds. The van der Waals surface area contributed by atoms with Crippen molar-refractivity contribution in [2.75, 3.05) is 45.9 Å². The van der Waals surface area contributed by atoms with Crippen molar-refractivity contribution in [3.05, 3.63) is 35.9 Å². The van der Waals surface area contributed by atoms with Crippen LogP contribution in [0.15, 0.2) is 30.3 Å². The number of carbonyl (C=O) groups is 1. The van der Waals surface area contributed by atoms with E-state index < -0.39 is 0 Å². The van der Waals surface area contributed by atoms with Crippen LogP contribution < -0.4 is 5.32 Å². The zero-order valence-electron chi connectivity index (χ0n) is 17.1. The van der Waals surface area contributed by atoms with Gasteiger partial charge in [-0.3, -0.25) is 9.69 Å². The van der Waals surface area contributed by atoms with E-state index in [1.165, 1.54) is 25.1 Å². The van der Waals surface area contributed by atoms with Crippen LogP contribution in [0.2, 0.25) is 0 Å². The van der Waals surface area contributed by atoms with Crippen LogP contribution in [0.1, 0.15) is 31.2 Å². The molecule has 3 aliphatic rings. The molecular weight excluding hydrogens is 409 g/mol. The molecule has 1 unspecified atom stereocenters. The molecule has 3 atom stereocenters. The number of likely N-dealkylation sites (tertiary alicyclic amines) is 1. The monoisotopic (exact) mass is 443 g/mol. The first kappa shape index (κ1) is 24.4. The Bertz CT molecular complexity index is 613. The zero-order chi connectivity index (χ0) is 18.5. The highest BCUT2D eigenvalue weighted by atomic mass is 35.5. The quantitative estimate of drug-likeness (QED) is 0.733. The number of hydrogen-bond donors (Lipinski definition) is 1. The van der Waals surface area contributed by atoms with Gasteiger partial charge in [0.05, 0.1) is 13.2 Å². The summed E-state index contributed by atoms with van der Waals surface area (Å²) in [5, 5.41) is 3.79. The van der Waals surface area contributed by atoms with Gasteiger partial charge in [-0.15, -0.1) is 24.8 Å². The fraction of sp³-hybridized carbons (Fsp3) is 0.682. The van der Waals surface area contributed by atoms with Crippen LogP contribution >= 0.6 is 24.8 Å². The lowest BCUT2D eigenvalue weighted by atomic mass is 9.79. The van der Waals surface area contributed by atoms with Gasteiger partial charge >= 0.3 is 0 Å². The molecule has 164 valence electrons. The molecule has 1 aromatic carbocycles. The normalized spacial score (nSPS) is 26.9. The molecule has 7 heteroatoms. The molecule has 4 rings (SSSR count). The fourth-order valence-corrected chi connectivity index (χ4v) is 5.03. The number of halogens is 2. The van der Waals surface area contributed by atoms with Crippen molar-refractivity contribution in [2.24, 2.45) is 11.8 Å². The molecule has 3 saturated heterocycles. The van der Waals surface area contributed by atoms with E-state index in [-0.39, 0.29) is 24.8 Å². The maximum atomic E-state index is 12.4. The van der Waals surface area contributed by atoms with E-state index >= 15 is 0 Å². The third-order valence-corrected chi connectivity index (χ3v) is 6.40. The number of morpholine rings is 1. The molecule has 1 N–H and O–H groups in total. The van der Waals surface area contributed by atoms with Crippen LogP contribution in [0, 0.1) is 11.8 Å². The number of piperidine rings is 2. The summed E-state index contributed by atoms with van der Waals surface area (Å²) in [5.41, 5.74) is 1.41. The van der Waals surface area contributed by atoms with E-state index in [0.29, 0.717) is 31.6 Å². The van der Waals surface area contributed by atoms with Gasteiger partial charge in [0.1, 0.15) is 0 Å². The average Bonchev–Trinajstić information content (AvgIpc) is 2.71. The van der Waals surface area contributed by atoms with E-state index in [1.807, 2.05) is 4.90 Å². The first-order valence-electron chi connectivity index (χ1n) is 10.6. The average molecular weight is 444 g/mol. The van der Waals surface area contributed by atoms with Gasteiger partial charge in [0, 0.05) is 45.2 Å². The molecular formula is C22H35Cl2N3O2. The highest BCUT2D eigenvalue weighted by Crippen LogP contribution is 2.31. The molecule has 1 aromatic rings. The van der Waals surface area contributed by atoms with Crippen molar-refractivity contribution in [1.29, 1.82) is 0 Å². The number of amides is 1. The Morgan fingerprint density at radius 1 is 1.10 bits per heavy atom. The second-order valence-corrected chi connectivity index (χ2v) is 8.44. The molecule has 3 aliphatic heterocycles. The molecule has 0 saturated carbocycles. The maximum absolute atomic E-state index is 12.4. The molecule has 2 bridgehead atoms. The number of nitrogens with zero attached hydrogens (tertiary/aromatic N) is 2. The Morgan fingerprint density at radius 3 is 2.62 bits per heavy atom. The predicted molar refractivity (Wildman–Crippen MR) is 121 cm³/mol. The van der Waals surface area contributed by atoms with Crippen LogP contribution in [-0.2, 0) is 16.1 Å². The molecule has 29 heavy (non-hydrogen) atoms. The minimum Gasteiger partial charge on any atom is -0.378 e. The summed E-state index contributed by atoms with van der Waals surface area (Å²) in [6.45, 7) is 7.49. The first-order chi connectivity index (χ1) is 13.3. The van der Waals surface area contributed by atoms with Gasteiger partial charge in [0.15, 0.2) is 0 Å². The van der Waals surface area contributed by atoms with E-state index in [2.05, 4.69) is 40.5 Å². The van der Waals surface area contributed by atoms with Gasteiger partial charge in [-0.2, -0.15) is 0 Å². The lowest BCUT2D eigenvalue weighted by Crippen LogP contribution is -2.55. The van der Waals surface area contributed by atoms with E-state index in [9.17, 15) is 4.79 Å². The summed E-state index contributed by atoms with van der Waals surface area (Å²) in [5.74, 6) is 1.81. The molecule has 5 nitrogen and oxygen atoms in total. The smallest absolute Gasteiger partial charge is 0.222 e. The highest BCUT2D eigenvalue weighted by Gasteiger charge is 2.36. The Kier molecular flexibility index (Phi) is 10.2. The van der Waals surface area contributed by atoms with Crippen LogP contribution in [0.4, 0.5) is 0 Å². The van der Waals surface area contributed by atoms with Crippen LogP contribution in [-0.4, -0.2) is 67.7 Å². The van der Waals surface area contributed by atoms with Crippen molar-refractivity contribution < 1.29 is 9.53 Å². The zero-order valence-corrected chi connectivity index (χ0v) is 18.8. The maximum Gasteiger partial charge on any atom is 0.222 e. The van der Waals surface area contributed by atoms with Crippen molar-refractivity contribution in [1.82, 2.24) is 15.1 Å². The predicted octanol–water partition coefficient (Wildman–Crippen LogP) is 2.97. The van der Waals surface area contributed by atoms with Gasteiger partial charge < -0.3 is 15.0 Å². The molecule has 0 aliphatic carbocycles. The molecule has 0 radical (unpaired) electrons. The van der Waals surface area contributed by atoms with Crippen LogP contribution in [0.5, 0.6) is 0 Å². The van der Waals surface area contributed by atoms with Crippen LogP contribution in [0.25, 0.3) is 0 Å². The van der Waals surface area contributed by atoms with Gasteiger partial charge in [0.25, 0.3) is 0 Å². The Morgan fingerprint density at radius 2 is 1.86 bits per heavy atom. The number of ether oxygens (including phenoxy) is 1. The standard InChI is InChI=1S/C22H33N3O2.2ClH/c26-22(25-9-11-27-12-10-25)8-4-7-21-20-13-19(14-23-21)16-24(17-20)15-18-5-2-1-3-6-18;;/h1-3,5-6,19-21,23H,4,7-17H2;2*1H/t19-,20?,21+;;/m0../s1. The number of nitrogens with one attached hydrogen (secondary N) is 1. The summed E-state index contributed by atoms with van der Waals surface area (Å²) in [4.78, 5) is 17.0. The fourth-order valence-electron chi connectivity index (χ4n) is 5.03. The van der Waals surface area contributed by atoms with Gasteiger partial charge in [-0.1, -0.05) is 30.3 Å². The SMILES string of the molecule is Cl.Cl.O=C(CCC[C@H]1NC[C@@H]2CC1CN(Cc1ccccc1)C2)N1CCOCC1. The summed E-state index contributed by atoms with van der Waals surface area (Å²) in [6.07, 6.45) is 4.14. The Balaban J connectivity index is 0.00000150. The number of benzene rings is 1. The van der Waals surface area contributed by atoms with E-state index in [0.717, 1.165) is 50.9 Å². The van der Waals surface area contributed by atoms with Gasteiger partial charge in [0.2, 0.25) is 5.91 Å². The Labute approximate surface area is 187 Å². The van der Waals surface area contributed by atoms with Gasteiger partial charge in [-0.25, -0.2) is 0 Å². The second kappa shape index (κ2) is 12.1. The van der Waals surface area contributed by atoms with E-state index in [1.54, 1.807) is 0 Å². The van der Waals surface area contributed by atoms with Crippen LogP contribution in [0.3, 0.4) is 0 Å². The lowest BCUT2D eigenvalue weighted by Gasteiger charge is -2.46. The first-order valence-corrected chi connectivity index (χ1v) is 10.6. The lowest BCUT2D eigenvalue weighted by molar-refractivity contribution is -0.135. The van der Waals surface area contributed by atoms with Crippen molar-refractivity contribution in [3.63, 3.8) is 0 Å². The van der Waals surface area contributed by atoms with E-state index in [4.69, 9.17) is 4.74 Å². The topological polar surface area (TPSA) is 44.8 Å². The molecule has 3 heterocycles. The van der Waals surface area contributed by atoms with Crippen molar-refractivity contribution in [2.45, 2.75) is 38.3 Å². The minimum absolute atomic E-state index is 0. The summed E-state index contributed by atoms with van der Waals surface area (Å²) >= 11 is 0. The summed E-state index contributed by atoms with van der Waals surface area (Å²) in [6, 6.07) is 11.4. The number of fused-ring (bicyclic) bond motifs is 2. The second-order valence-electron chi connectivity index (χ2n) is 8.44. The van der Waals surface area contributed by atoms with Crippen molar-refractivity contribution >= 4 is 30.7 Å². The Hall–Kier alpha value is -0.850. The summed E-state index contributed by atoms with van der Waals surface area (Å²) < 4.78 is 5.34.